The maximum Gasteiger partial charge on any atom is 0.255 e. The average molecular weight is 285 g/mol. The van der Waals surface area contributed by atoms with Gasteiger partial charge < -0.3 is 10.0 Å². The molecule has 0 aromatic carbocycles. The van der Waals surface area contributed by atoms with Gasteiger partial charge in [-0.25, -0.2) is 8.42 Å². The summed E-state index contributed by atoms with van der Waals surface area (Å²) in [5, 5.41) is 9.29. The van der Waals surface area contributed by atoms with E-state index in [-0.39, 0.29) is 24.7 Å². The zero-order valence-electron chi connectivity index (χ0n) is 10.5. The third kappa shape index (κ3) is 3.21. The quantitative estimate of drug-likeness (QED) is 0.791. The Morgan fingerprint density at radius 1 is 1.26 bits per heavy atom. The number of nitrogens with zero attached hydrogens (tertiary/aromatic N) is 3. The smallest absolute Gasteiger partial charge is 0.255 e. The first-order valence-corrected chi connectivity index (χ1v) is 7.61. The van der Waals surface area contributed by atoms with E-state index in [1.807, 2.05) is 0 Å². The van der Waals surface area contributed by atoms with Crippen molar-refractivity contribution in [1.29, 1.82) is 0 Å². The van der Waals surface area contributed by atoms with Gasteiger partial charge in [-0.05, 0) is 6.07 Å². The molecule has 1 aromatic rings. The molecule has 0 spiro atoms. The van der Waals surface area contributed by atoms with Crippen LogP contribution in [-0.2, 0) is 10.0 Å². The lowest BCUT2D eigenvalue weighted by Crippen LogP contribution is -2.50. The Morgan fingerprint density at radius 2 is 1.89 bits per heavy atom. The molecule has 1 amide bonds. The second-order valence-corrected chi connectivity index (χ2v) is 6.37. The molecule has 1 aromatic heterocycles. The second-order valence-electron chi connectivity index (χ2n) is 4.39. The molecule has 19 heavy (non-hydrogen) atoms. The maximum absolute atomic E-state index is 12.1. The molecule has 0 bridgehead atoms. The van der Waals surface area contributed by atoms with Crippen LogP contribution < -0.4 is 0 Å². The minimum Gasteiger partial charge on any atom is -0.506 e. The first-order chi connectivity index (χ1) is 8.88. The molecule has 1 fully saturated rings. The molecule has 1 aliphatic heterocycles. The highest BCUT2D eigenvalue weighted by Gasteiger charge is 2.26. The molecule has 7 nitrogen and oxygen atoms in total. The number of pyridine rings is 1. The molecule has 0 radical (unpaired) electrons. The Labute approximate surface area is 111 Å². The van der Waals surface area contributed by atoms with Crippen LogP contribution in [0.1, 0.15) is 10.4 Å². The predicted octanol–water partition coefficient (Wildman–Crippen LogP) is -0.495. The number of carbonyl (C=O) groups excluding carboxylic acids is 1. The maximum atomic E-state index is 12.1. The summed E-state index contributed by atoms with van der Waals surface area (Å²) < 4.78 is 24.1. The third-order valence-corrected chi connectivity index (χ3v) is 4.27. The van der Waals surface area contributed by atoms with Gasteiger partial charge in [0.25, 0.3) is 5.91 Å². The minimum atomic E-state index is -3.20. The van der Waals surface area contributed by atoms with E-state index in [1.165, 1.54) is 22.8 Å². The Hall–Kier alpha value is -1.67. The Balaban J connectivity index is 2.04. The number of sulfonamides is 1. The third-order valence-electron chi connectivity index (χ3n) is 2.97. The van der Waals surface area contributed by atoms with E-state index in [0.29, 0.717) is 18.7 Å². The Morgan fingerprint density at radius 3 is 2.42 bits per heavy atom. The van der Waals surface area contributed by atoms with Crippen LogP contribution in [0, 0.1) is 0 Å². The molecule has 1 aliphatic rings. The molecule has 8 heteroatoms. The molecule has 1 saturated heterocycles. The summed E-state index contributed by atoms with van der Waals surface area (Å²) in [5.41, 5.74) is 0.299. The Kier molecular flexibility index (Phi) is 3.72. The average Bonchev–Trinajstić information content (AvgIpc) is 2.37. The minimum absolute atomic E-state index is 0.0689. The van der Waals surface area contributed by atoms with E-state index < -0.39 is 10.0 Å². The summed E-state index contributed by atoms with van der Waals surface area (Å²) in [4.78, 5) is 17.4. The van der Waals surface area contributed by atoms with E-state index in [2.05, 4.69) is 4.98 Å². The van der Waals surface area contributed by atoms with E-state index in [1.54, 1.807) is 4.90 Å². The van der Waals surface area contributed by atoms with Crippen LogP contribution in [0.3, 0.4) is 0 Å². The van der Waals surface area contributed by atoms with Gasteiger partial charge >= 0.3 is 0 Å². The fourth-order valence-corrected chi connectivity index (χ4v) is 2.78. The fraction of sp³-hybridized carbons (Fsp3) is 0.455. The zero-order valence-corrected chi connectivity index (χ0v) is 11.3. The molecule has 0 atom stereocenters. The van der Waals surface area contributed by atoms with Gasteiger partial charge in [0, 0.05) is 32.4 Å². The van der Waals surface area contributed by atoms with Gasteiger partial charge in [0.05, 0.1) is 18.0 Å². The highest BCUT2D eigenvalue weighted by molar-refractivity contribution is 7.88. The zero-order chi connectivity index (χ0) is 14.0. The molecule has 2 heterocycles. The number of carbonyl (C=O) groups is 1. The first kappa shape index (κ1) is 13.8. The summed E-state index contributed by atoms with van der Waals surface area (Å²) >= 11 is 0. The number of aromatic nitrogens is 1. The van der Waals surface area contributed by atoms with Crippen molar-refractivity contribution in [3.8, 4) is 5.75 Å². The van der Waals surface area contributed by atoms with Crippen molar-refractivity contribution in [2.45, 2.75) is 0 Å². The topological polar surface area (TPSA) is 90.8 Å². The van der Waals surface area contributed by atoms with Crippen LogP contribution in [0.15, 0.2) is 18.5 Å². The molecule has 2 rings (SSSR count). The fourth-order valence-electron chi connectivity index (χ4n) is 1.95. The summed E-state index contributed by atoms with van der Waals surface area (Å²) in [6.07, 6.45) is 3.78. The lowest BCUT2D eigenvalue weighted by molar-refractivity contribution is 0.0697. The van der Waals surface area contributed by atoms with Gasteiger partial charge in [-0.15, -0.1) is 0 Å². The first-order valence-electron chi connectivity index (χ1n) is 5.76. The van der Waals surface area contributed by atoms with Gasteiger partial charge in [-0.3, -0.25) is 9.78 Å². The molecular weight excluding hydrogens is 270 g/mol. The standard InChI is InChI=1S/C11H15N3O4S/c1-19(17,18)14-4-2-13(3-5-14)11(16)9-6-10(15)8-12-7-9/h6-8,15H,2-5H2,1H3. The van der Waals surface area contributed by atoms with Crippen molar-refractivity contribution in [2.24, 2.45) is 0 Å². The summed E-state index contributed by atoms with van der Waals surface area (Å²) in [6, 6.07) is 1.35. The predicted molar refractivity (Wildman–Crippen MR) is 68.2 cm³/mol. The number of hydrogen-bond acceptors (Lipinski definition) is 5. The molecule has 1 N–H and O–H groups in total. The van der Waals surface area contributed by atoms with Crippen molar-refractivity contribution >= 4 is 15.9 Å². The number of piperazine rings is 1. The normalized spacial score (nSPS) is 17.4. The van der Waals surface area contributed by atoms with Gasteiger partial charge in [0.1, 0.15) is 5.75 Å². The van der Waals surface area contributed by atoms with Crippen molar-refractivity contribution in [1.82, 2.24) is 14.2 Å². The number of amides is 1. The molecule has 0 aliphatic carbocycles. The highest BCUT2D eigenvalue weighted by atomic mass is 32.2. The number of hydrogen-bond donors (Lipinski definition) is 1. The van der Waals surface area contributed by atoms with E-state index in [9.17, 15) is 18.3 Å². The van der Waals surface area contributed by atoms with Crippen molar-refractivity contribution in [3.05, 3.63) is 24.0 Å². The summed E-state index contributed by atoms with van der Waals surface area (Å²) in [7, 11) is -3.20. The van der Waals surface area contributed by atoms with Crippen LogP contribution >= 0.6 is 0 Å². The van der Waals surface area contributed by atoms with Gasteiger partial charge in [-0.2, -0.15) is 4.31 Å². The van der Waals surface area contributed by atoms with E-state index in [0.717, 1.165) is 6.26 Å². The number of rotatable bonds is 2. The molecule has 104 valence electrons. The summed E-state index contributed by atoms with van der Waals surface area (Å²) in [6.45, 7) is 1.25. The van der Waals surface area contributed by atoms with Gasteiger partial charge in [-0.1, -0.05) is 0 Å². The second kappa shape index (κ2) is 5.14. The van der Waals surface area contributed by atoms with Crippen molar-refractivity contribution in [3.63, 3.8) is 0 Å². The van der Waals surface area contributed by atoms with Crippen LogP contribution in [0.5, 0.6) is 5.75 Å². The summed E-state index contributed by atoms with van der Waals surface area (Å²) in [5.74, 6) is -0.322. The van der Waals surface area contributed by atoms with E-state index in [4.69, 9.17) is 0 Å². The SMILES string of the molecule is CS(=O)(=O)N1CCN(C(=O)c2cncc(O)c2)CC1. The largest absolute Gasteiger partial charge is 0.506 e. The Bertz CT molecular complexity index is 579. The lowest BCUT2D eigenvalue weighted by atomic mass is 10.2. The monoisotopic (exact) mass is 285 g/mol. The number of aromatic hydroxyl groups is 1. The van der Waals surface area contributed by atoms with Crippen molar-refractivity contribution in [2.75, 3.05) is 32.4 Å². The van der Waals surface area contributed by atoms with Crippen LogP contribution in [0.2, 0.25) is 0 Å². The van der Waals surface area contributed by atoms with E-state index >= 15 is 0 Å². The van der Waals surface area contributed by atoms with Gasteiger partial charge in [0.15, 0.2) is 0 Å². The molecule has 0 saturated carbocycles. The van der Waals surface area contributed by atoms with Crippen molar-refractivity contribution < 1.29 is 18.3 Å². The van der Waals surface area contributed by atoms with Crippen LogP contribution in [0.4, 0.5) is 0 Å². The highest BCUT2D eigenvalue weighted by Crippen LogP contribution is 2.13. The van der Waals surface area contributed by atoms with Crippen LogP contribution in [0.25, 0.3) is 0 Å². The van der Waals surface area contributed by atoms with Gasteiger partial charge in [0.2, 0.25) is 10.0 Å². The molecular formula is C11H15N3O4S. The molecule has 0 unspecified atom stereocenters. The lowest BCUT2D eigenvalue weighted by Gasteiger charge is -2.33. The van der Waals surface area contributed by atoms with Crippen LogP contribution in [-0.4, -0.2) is 66.1 Å².